The van der Waals surface area contributed by atoms with Crippen molar-refractivity contribution in [3.8, 4) is 5.82 Å². The van der Waals surface area contributed by atoms with Gasteiger partial charge in [-0.3, -0.25) is 9.36 Å². The number of carbonyl (C=O) groups is 1. The number of halogens is 1. The average molecular weight is 441 g/mol. The molecule has 28 heavy (non-hydrogen) atoms. The summed E-state index contributed by atoms with van der Waals surface area (Å²) in [7, 11) is 0. The van der Waals surface area contributed by atoms with E-state index < -0.39 is 0 Å². The van der Waals surface area contributed by atoms with Crippen LogP contribution in [0.15, 0.2) is 47.5 Å². The number of carbonyl (C=O) groups excluding carboxylic acids is 1. The second-order valence-electron chi connectivity index (χ2n) is 6.81. The number of nitrogens with zero attached hydrogens (tertiary/aromatic N) is 6. The van der Waals surface area contributed by atoms with Crippen LogP contribution in [0.5, 0.6) is 0 Å². The molecule has 0 unspecified atom stereocenters. The van der Waals surface area contributed by atoms with E-state index in [1.165, 1.54) is 0 Å². The molecule has 1 aliphatic rings. The van der Waals surface area contributed by atoms with Crippen LogP contribution in [0.25, 0.3) is 5.82 Å². The highest BCUT2D eigenvalue weighted by atomic mass is 79.9. The number of aryl methyl sites for hydroxylation is 1. The van der Waals surface area contributed by atoms with Crippen LogP contribution in [0.4, 0.5) is 5.82 Å². The lowest BCUT2D eigenvalue weighted by Gasteiger charge is -2.35. The number of benzene rings is 1. The summed E-state index contributed by atoms with van der Waals surface area (Å²) in [6.07, 6.45) is 3.36. The van der Waals surface area contributed by atoms with Gasteiger partial charge >= 0.3 is 0 Å². The number of hydrogen-bond donors (Lipinski definition) is 0. The molecule has 8 heteroatoms. The Labute approximate surface area is 172 Å². The summed E-state index contributed by atoms with van der Waals surface area (Å²) in [6, 6.07) is 9.49. The van der Waals surface area contributed by atoms with Crippen LogP contribution < -0.4 is 4.90 Å². The predicted molar refractivity (Wildman–Crippen MR) is 111 cm³/mol. The Balaban J connectivity index is 1.46. The molecule has 1 aromatic carbocycles. The number of hydrogen-bond acceptors (Lipinski definition) is 5. The van der Waals surface area contributed by atoms with Crippen molar-refractivity contribution < 1.29 is 4.79 Å². The standard InChI is InChI=1S/C20H21BrN6O/c1-14-15(2)27(13-24-14)19-11-18(22-12-23-19)25-6-8-26(9-7-25)20(28)16-4-3-5-17(21)10-16/h3-5,10-13H,6-9H2,1-2H3. The van der Waals surface area contributed by atoms with Crippen molar-refractivity contribution in [1.29, 1.82) is 0 Å². The molecule has 3 heterocycles. The number of anilines is 1. The largest absolute Gasteiger partial charge is 0.353 e. The summed E-state index contributed by atoms with van der Waals surface area (Å²) in [5, 5.41) is 0. The third-order valence-corrected chi connectivity index (χ3v) is 5.59. The Morgan fingerprint density at radius 1 is 1.00 bits per heavy atom. The first-order chi connectivity index (χ1) is 13.5. The average Bonchev–Trinajstić information content (AvgIpc) is 3.06. The topological polar surface area (TPSA) is 67.2 Å². The molecule has 1 aliphatic heterocycles. The summed E-state index contributed by atoms with van der Waals surface area (Å²) in [6.45, 7) is 6.80. The van der Waals surface area contributed by atoms with Crippen LogP contribution in [0.1, 0.15) is 21.7 Å². The van der Waals surface area contributed by atoms with Crippen molar-refractivity contribution >= 4 is 27.7 Å². The zero-order valence-electron chi connectivity index (χ0n) is 15.8. The van der Waals surface area contributed by atoms with Crippen LogP contribution in [-0.2, 0) is 0 Å². The molecule has 0 spiro atoms. The Morgan fingerprint density at radius 2 is 1.75 bits per heavy atom. The van der Waals surface area contributed by atoms with Crippen LogP contribution in [0.3, 0.4) is 0 Å². The molecule has 1 amide bonds. The molecule has 144 valence electrons. The lowest BCUT2D eigenvalue weighted by atomic mass is 10.2. The van der Waals surface area contributed by atoms with Gasteiger partial charge in [-0.15, -0.1) is 0 Å². The maximum absolute atomic E-state index is 12.7. The minimum Gasteiger partial charge on any atom is -0.353 e. The highest BCUT2D eigenvalue weighted by molar-refractivity contribution is 9.10. The first-order valence-corrected chi connectivity index (χ1v) is 9.95. The van der Waals surface area contributed by atoms with Gasteiger partial charge in [0, 0.05) is 48.0 Å². The van der Waals surface area contributed by atoms with Gasteiger partial charge in [0.05, 0.1) is 5.69 Å². The Bertz CT molecular complexity index is 1010. The number of imidazole rings is 1. The number of aromatic nitrogens is 4. The zero-order valence-corrected chi connectivity index (χ0v) is 17.4. The van der Waals surface area contributed by atoms with Crippen LogP contribution in [-0.4, -0.2) is 56.5 Å². The molecule has 0 aliphatic carbocycles. The summed E-state index contributed by atoms with van der Waals surface area (Å²) < 4.78 is 2.88. The van der Waals surface area contributed by atoms with E-state index in [1.54, 1.807) is 12.7 Å². The van der Waals surface area contributed by atoms with Crippen LogP contribution in [0, 0.1) is 13.8 Å². The van der Waals surface area contributed by atoms with Gasteiger partial charge < -0.3 is 9.80 Å². The minimum atomic E-state index is 0.0637. The van der Waals surface area contributed by atoms with Gasteiger partial charge in [0.25, 0.3) is 5.91 Å². The molecular formula is C20H21BrN6O. The van der Waals surface area contributed by atoms with E-state index in [0.29, 0.717) is 18.7 Å². The summed E-state index contributed by atoms with van der Waals surface area (Å²) in [5.41, 5.74) is 2.76. The van der Waals surface area contributed by atoms with Gasteiger partial charge in [-0.05, 0) is 32.0 Å². The van der Waals surface area contributed by atoms with E-state index in [4.69, 9.17) is 0 Å². The zero-order chi connectivity index (χ0) is 19.7. The highest BCUT2D eigenvalue weighted by Crippen LogP contribution is 2.19. The first-order valence-electron chi connectivity index (χ1n) is 9.15. The fourth-order valence-electron chi connectivity index (χ4n) is 3.31. The maximum Gasteiger partial charge on any atom is 0.254 e. The van der Waals surface area contributed by atoms with Crippen LogP contribution in [0.2, 0.25) is 0 Å². The lowest BCUT2D eigenvalue weighted by molar-refractivity contribution is 0.0746. The van der Waals surface area contributed by atoms with E-state index in [2.05, 4.69) is 35.8 Å². The van der Waals surface area contributed by atoms with E-state index in [-0.39, 0.29) is 5.91 Å². The van der Waals surface area contributed by atoms with E-state index in [0.717, 1.165) is 40.6 Å². The van der Waals surface area contributed by atoms with Crippen molar-refractivity contribution in [1.82, 2.24) is 24.4 Å². The van der Waals surface area contributed by atoms with Gasteiger partial charge in [-0.25, -0.2) is 15.0 Å². The fourth-order valence-corrected chi connectivity index (χ4v) is 3.71. The number of piperazine rings is 1. The summed E-state index contributed by atoms with van der Waals surface area (Å²) >= 11 is 3.43. The quantitative estimate of drug-likeness (QED) is 0.625. The second kappa shape index (κ2) is 7.71. The van der Waals surface area contributed by atoms with Crippen molar-refractivity contribution in [3.63, 3.8) is 0 Å². The van der Waals surface area contributed by atoms with Gasteiger partial charge in [0.1, 0.15) is 24.3 Å². The third-order valence-electron chi connectivity index (χ3n) is 5.10. The van der Waals surface area contributed by atoms with Crippen molar-refractivity contribution in [2.24, 2.45) is 0 Å². The fraction of sp³-hybridized carbons (Fsp3) is 0.300. The number of amides is 1. The van der Waals surface area contributed by atoms with E-state index in [1.807, 2.05) is 53.6 Å². The molecule has 3 aromatic rings. The third kappa shape index (κ3) is 3.64. The Kier molecular flexibility index (Phi) is 5.13. The molecule has 0 radical (unpaired) electrons. The monoisotopic (exact) mass is 440 g/mol. The summed E-state index contributed by atoms with van der Waals surface area (Å²) in [5.74, 6) is 1.73. The highest BCUT2D eigenvalue weighted by Gasteiger charge is 2.23. The smallest absolute Gasteiger partial charge is 0.254 e. The van der Waals surface area contributed by atoms with Crippen molar-refractivity contribution in [2.75, 3.05) is 31.1 Å². The molecular weight excluding hydrogens is 420 g/mol. The van der Waals surface area contributed by atoms with E-state index in [9.17, 15) is 4.79 Å². The molecule has 0 atom stereocenters. The first kappa shape index (κ1) is 18.6. The number of rotatable bonds is 3. The lowest BCUT2D eigenvalue weighted by Crippen LogP contribution is -2.49. The van der Waals surface area contributed by atoms with E-state index >= 15 is 0 Å². The SMILES string of the molecule is Cc1ncn(-c2cc(N3CCN(C(=O)c4cccc(Br)c4)CC3)ncn2)c1C. The Hall–Kier alpha value is -2.74. The molecule has 2 aromatic heterocycles. The minimum absolute atomic E-state index is 0.0637. The predicted octanol–water partition coefficient (Wildman–Crippen LogP) is 3.00. The van der Waals surface area contributed by atoms with Gasteiger partial charge in [0.2, 0.25) is 0 Å². The molecule has 0 bridgehead atoms. The molecule has 1 fully saturated rings. The molecule has 0 saturated carbocycles. The Morgan fingerprint density at radius 3 is 2.43 bits per heavy atom. The second-order valence-corrected chi connectivity index (χ2v) is 7.73. The van der Waals surface area contributed by atoms with Gasteiger partial charge in [-0.1, -0.05) is 22.0 Å². The van der Waals surface area contributed by atoms with Crippen molar-refractivity contribution in [2.45, 2.75) is 13.8 Å². The maximum atomic E-state index is 12.7. The van der Waals surface area contributed by atoms with Crippen LogP contribution >= 0.6 is 15.9 Å². The molecule has 4 rings (SSSR count). The normalized spacial score (nSPS) is 14.4. The van der Waals surface area contributed by atoms with Gasteiger partial charge in [0.15, 0.2) is 0 Å². The van der Waals surface area contributed by atoms with Crippen molar-refractivity contribution in [3.05, 3.63) is 64.4 Å². The molecule has 1 saturated heterocycles. The molecule has 0 N–H and O–H groups in total. The van der Waals surface area contributed by atoms with Gasteiger partial charge in [-0.2, -0.15) is 0 Å². The molecule has 7 nitrogen and oxygen atoms in total. The summed E-state index contributed by atoms with van der Waals surface area (Å²) in [4.78, 5) is 30.0.